The molecule has 2 rings (SSSR count). The van der Waals surface area contributed by atoms with Crippen molar-refractivity contribution in [1.29, 1.82) is 0 Å². The Balaban J connectivity index is 2.31. The molecule has 1 N–H and O–H groups in total. The van der Waals surface area contributed by atoms with Crippen LogP contribution in [0.15, 0.2) is 12.1 Å². The summed E-state index contributed by atoms with van der Waals surface area (Å²) in [6.07, 6.45) is 1.48. The van der Waals surface area contributed by atoms with Gasteiger partial charge in [-0.1, -0.05) is 23.2 Å². The summed E-state index contributed by atoms with van der Waals surface area (Å²) in [7, 11) is 2.99. The molecule has 1 heterocycles. The molecule has 1 fully saturated rings. The summed E-state index contributed by atoms with van der Waals surface area (Å²) in [5.41, 5.74) is 0.872. The van der Waals surface area contributed by atoms with E-state index in [1.807, 2.05) is 0 Å². The van der Waals surface area contributed by atoms with E-state index in [2.05, 4.69) is 5.32 Å². The van der Waals surface area contributed by atoms with E-state index in [1.54, 1.807) is 19.2 Å². The fourth-order valence-electron chi connectivity index (χ4n) is 2.61. The number of esters is 1. The number of carbonyl (C=O) groups excluding carboxylic acids is 1. The second-order valence-electron chi connectivity index (χ2n) is 4.73. The molecular weight excluding hydrogens is 301 g/mol. The summed E-state index contributed by atoms with van der Waals surface area (Å²) < 4.78 is 10.2. The lowest BCUT2D eigenvalue weighted by Gasteiger charge is -2.30. The molecule has 0 bridgehead atoms. The van der Waals surface area contributed by atoms with Crippen LogP contribution in [0, 0.1) is 0 Å². The molecule has 110 valence electrons. The van der Waals surface area contributed by atoms with Crippen LogP contribution in [0.1, 0.15) is 24.3 Å². The van der Waals surface area contributed by atoms with E-state index in [0.717, 1.165) is 18.5 Å². The van der Waals surface area contributed by atoms with Crippen LogP contribution in [0.4, 0.5) is 0 Å². The van der Waals surface area contributed by atoms with Crippen molar-refractivity contribution in [3.05, 3.63) is 27.7 Å². The molecule has 2 atom stereocenters. The average Bonchev–Trinajstić information content (AvgIpc) is 2.49. The van der Waals surface area contributed by atoms with E-state index in [4.69, 9.17) is 32.7 Å². The number of ether oxygens (including phenoxy) is 2. The molecule has 2 unspecified atom stereocenters. The standard InChI is InChI=1S/C14H17Cl2NO3/c1-19-11-4-3-9(15)13(16)12(11)8-5-6-17-10(7-8)14(18)20-2/h3-4,8,10,17H,5-7H2,1-2H3. The molecule has 1 aromatic rings. The van der Waals surface area contributed by atoms with Crippen LogP contribution in [-0.4, -0.2) is 32.8 Å². The van der Waals surface area contributed by atoms with Crippen molar-refractivity contribution in [2.24, 2.45) is 0 Å². The first-order valence-electron chi connectivity index (χ1n) is 6.41. The van der Waals surface area contributed by atoms with Gasteiger partial charge in [-0.3, -0.25) is 4.79 Å². The molecule has 6 heteroatoms. The Morgan fingerprint density at radius 3 is 2.75 bits per heavy atom. The number of methoxy groups -OCH3 is 2. The van der Waals surface area contributed by atoms with E-state index < -0.39 is 0 Å². The highest BCUT2D eigenvalue weighted by Gasteiger charge is 2.31. The van der Waals surface area contributed by atoms with Crippen molar-refractivity contribution in [2.45, 2.75) is 24.8 Å². The van der Waals surface area contributed by atoms with Crippen LogP contribution in [0.5, 0.6) is 5.75 Å². The van der Waals surface area contributed by atoms with E-state index in [1.165, 1.54) is 7.11 Å². The SMILES string of the molecule is COC(=O)C1CC(c2c(OC)ccc(Cl)c2Cl)CCN1. The zero-order valence-corrected chi connectivity index (χ0v) is 12.9. The second-order valence-corrected chi connectivity index (χ2v) is 5.51. The summed E-state index contributed by atoms with van der Waals surface area (Å²) in [6.45, 7) is 0.719. The minimum absolute atomic E-state index is 0.112. The number of hydrogen-bond acceptors (Lipinski definition) is 4. The molecule has 1 aliphatic rings. The van der Waals surface area contributed by atoms with Gasteiger partial charge in [0.2, 0.25) is 0 Å². The van der Waals surface area contributed by atoms with Gasteiger partial charge in [0.25, 0.3) is 0 Å². The first-order chi connectivity index (χ1) is 9.58. The molecule has 4 nitrogen and oxygen atoms in total. The van der Waals surface area contributed by atoms with Gasteiger partial charge in [-0.25, -0.2) is 0 Å². The van der Waals surface area contributed by atoms with Crippen LogP contribution < -0.4 is 10.1 Å². The Kier molecular flexibility index (Phi) is 5.13. The minimum atomic E-state index is -0.321. The van der Waals surface area contributed by atoms with Crippen LogP contribution in [0.2, 0.25) is 10.0 Å². The summed E-state index contributed by atoms with van der Waals surface area (Å²) >= 11 is 12.4. The van der Waals surface area contributed by atoms with Crippen LogP contribution >= 0.6 is 23.2 Å². The van der Waals surface area contributed by atoms with E-state index >= 15 is 0 Å². The van der Waals surface area contributed by atoms with Gasteiger partial charge in [-0.15, -0.1) is 0 Å². The molecule has 1 aliphatic heterocycles. The lowest BCUT2D eigenvalue weighted by molar-refractivity contribution is -0.143. The summed E-state index contributed by atoms with van der Waals surface area (Å²) in [5, 5.41) is 4.15. The number of benzene rings is 1. The van der Waals surface area contributed by atoms with Crippen molar-refractivity contribution in [2.75, 3.05) is 20.8 Å². The highest BCUT2D eigenvalue weighted by atomic mass is 35.5. The molecule has 1 aromatic carbocycles. The molecule has 1 saturated heterocycles. The predicted octanol–water partition coefficient (Wildman–Crippen LogP) is 3.01. The van der Waals surface area contributed by atoms with Gasteiger partial charge in [-0.2, -0.15) is 0 Å². The lowest BCUT2D eigenvalue weighted by Crippen LogP contribution is -2.43. The zero-order chi connectivity index (χ0) is 14.7. The smallest absolute Gasteiger partial charge is 0.322 e. The maximum absolute atomic E-state index is 11.7. The fourth-order valence-corrected chi connectivity index (χ4v) is 3.08. The number of rotatable bonds is 3. The van der Waals surface area contributed by atoms with Gasteiger partial charge in [-0.05, 0) is 37.4 Å². The Hall–Kier alpha value is -0.970. The number of carbonyl (C=O) groups is 1. The van der Waals surface area contributed by atoms with Crippen LogP contribution in [0.25, 0.3) is 0 Å². The first kappa shape index (κ1) is 15.4. The third-order valence-corrected chi connectivity index (χ3v) is 4.43. The quantitative estimate of drug-likeness (QED) is 0.871. The highest BCUT2D eigenvalue weighted by Crippen LogP contribution is 2.42. The maximum Gasteiger partial charge on any atom is 0.322 e. The number of halogens is 2. The molecule has 0 spiro atoms. The molecule has 0 saturated carbocycles. The highest BCUT2D eigenvalue weighted by molar-refractivity contribution is 6.42. The predicted molar refractivity (Wildman–Crippen MR) is 78.8 cm³/mol. The molecule has 0 aromatic heterocycles. The van der Waals surface area contributed by atoms with Gasteiger partial charge in [0.05, 0.1) is 24.3 Å². The van der Waals surface area contributed by atoms with Crippen molar-refractivity contribution >= 4 is 29.2 Å². The minimum Gasteiger partial charge on any atom is -0.496 e. The number of piperidine rings is 1. The maximum atomic E-state index is 11.7. The lowest BCUT2D eigenvalue weighted by atomic mass is 9.86. The van der Waals surface area contributed by atoms with E-state index in [0.29, 0.717) is 22.2 Å². The van der Waals surface area contributed by atoms with Crippen molar-refractivity contribution in [3.8, 4) is 5.75 Å². The molecular formula is C14H17Cl2NO3. The zero-order valence-electron chi connectivity index (χ0n) is 11.4. The molecule has 0 aliphatic carbocycles. The van der Waals surface area contributed by atoms with Crippen molar-refractivity contribution in [3.63, 3.8) is 0 Å². The number of nitrogens with one attached hydrogen (secondary N) is 1. The topological polar surface area (TPSA) is 47.6 Å². The van der Waals surface area contributed by atoms with Gasteiger partial charge in [0, 0.05) is 5.56 Å². The van der Waals surface area contributed by atoms with Gasteiger partial charge < -0.3 is 14.8 Å². The van der Waals surface area contributed by atoms with Crippen LogP contribution in [0.3, 0.4) is 0 Å². The second kappa shape index (κ2) is 6.66. The number of hydrogen-bond donors (Lipinski definition) is 1. The molecule has 20 heavy (non-hydrogen) atoms. The van der Waals surface area contributed by atoms with Crippen molar-refractivity contribution < 1.29 is 14.3 Å². The summed E-state index contributed by atoms with van der Waals surface area (Å²) in [4.78, 5) is 11.7. The largest absolute Gasteiger partial charge is 0.496 e. The average molecular weight is 318 g/mol. The van der Waals surface area contributed by atoms with E-state index in [9.17, 15) is 4.79 Å². The Morgan fingerprint density at radius 1 is 1.35 bits per heavy atom. The monoisotopic (exact) mass is 317 g/mol. The Morgan fingerprint density at radius 2 is 2.10 bits per heavy atom. The van der Waals surface area contributed by atoms with Gasteiger partial charge >= 0.3 is 5.97 Å². The Bertz CT molecular complexity index is 507. The van der Waals surface area contributed by atoms with Gasteiger partial charge in [0.15, 0.2) is 0 Å². The Labute approximate surface area is 128 Å². The molecule has 0 radical (unpaired) electrons. The third-order valence-electron chi connectivity index (χ3n) is 3.61. The van der Waals surface area contributed by atoms with E-state index in [-0.39, 0.29) is 17.9 Å². The first-order valence-corrected chi connectivity index (χ1v) is 7.17. The van der Waals surface area contributed by atoms with Crippen molar-refractivity contribution in [1.82, 2.24) is 5.32 Å². The summed E-state index contributed by atoms with van der Waals surface area (Å²) in [6, 6.07) is 3.20. The fraction of sp³-hybridized carbons (Fsp3) is 0.500. The van der Waals surface area contributed by atoms with Gasteiger partial charge in [0.1, 0.15) is 11.8 Å². The normalized spacial score (nSPS) is 22.4. The third kappa shape index (κ3) is 3.03. The van der Waals surface area contributed by atoms with Crippen LogP contribution in [-0.2, 0) is 9.53 Å². The summed E-state index contributed by atoms with van der Waals surface area (Å²) in [5.74, 6) is 0.559. The molecule has 0 amide bonds.